The van der Waals surface area contributed by atoms with E-state index >= 15 is 0 Å². The molecule has 3 aromatic rings. The van der Waals surface area contributed by atoms with Crippen LogP contribution < -0.4 is 5.32 Å². The second-order valence-corrected chi connectivity index (χ2v) is 6.56. The number of nitrogens with zero attached hydrogens (tertiary/aromatic N) is 3. The smallest absolute Gasteiger partial charge is 0.360 e. The molecule has 0 saturated heterocycles. The zero-order chi connectivity index (χ0) is 19.9. The number of aromatic nitrogens is 3. The summed E-state index contributed by atoms with van der Waals surface area (Å²) in [5, 5.41) is 8.02. The van der Waals surface area contributed by atoms with Crippen LogP contribution in [0.1, 0.15) is 44.7 Å². The molecule has 0 aliphatic carbocycles. The molecule has 7 heteroatoms. The predicted molar refractivity (Wildman–Crippen MR) is 104 cm³/mol. The SMILES string of the molecule is CCn1c(C)c(C)c2cc(C(=O)Nc3c(C(=O)OC)nn(C)c3C)ccc21. The van der Waals surface area contributed by atoms with Crippen LogP contribution in [0, 0.1) is 20.8 Å². The number of benzene rings is 1. The number of carbonyl (C=O) groups is 2. The number of anilines is 1. The van der Waals surface area contributed by atoms with Crippen LogP contribution in [0.4, 0.5) is 5.69 Å². The first-order valence-corrected chi connectivity index (χ1v) is 8.82. The quantitative estimate of drug-likeness (QED) is 0.716. The molecule has 0 fully saturated rings. The molecule has 142 valence electrons. The van der Waals surface area contributed by atoms with E-state index in [2.05, 4.69) is 35.8 Å². The van der Waals surface area contributed by atoms with Gasteiger partial charge < -0.3 is 14.6 Å². The van der Waals surface area contributed by atoms with Crippen LogP contribution in [0.2, 0.25) is 0 Å². The molecule has 0 atom stereocenters. The number of methoxy groups -OCH3 is 1. The first kappa shape index (κ1) is 18.7. The lowest BCUT2D eigenvalue weighted by Crippen LogP contribution is -2.15. The highest BCUT2D eigenvalue weighted by Crippen LogP contribution is 2.27. The van der Waals surface area contributed by atoms with E-state index in [9.17, 15) is 9.59 Å². The van der Waals surface area contributed by atoms with E-state index in [0.717, 1.165) is 23.0 Å². The third kappa shape index (κ3) is 2.99. The molecule has 0 radical (unpaired) electrons. The summed E-state index contributed by atoms with van der Waals surface area (Å²) in [4.78, 5) is 24.8. The van der Waals surface area contributed by atoms with Crippen LogP contribution in [-0.2, 0) is 18.3 Å². The highest BCUT2D eigenvalue weighted by Gasteiger charge is 2.23. The predicted octanol–water partition coefficient (Wildman–Crippen LogP) is 3.36. The maximum absolute atomic E-state index is 12.8. The molecular weight excluding hydrogens is 344 g/mol. The molecule has 1 aromatic carbocycles. The van der Waals surface area contributed by atoms with Gasteiger partial charge in [-0.15, -0.1) is 0 Å². The molecule has 2 aromatic heterocycles. The lowest BCUT2D eigenvalue weighted by molar-refractivity contribution is 0.0594. The van der Waals surface area contributed by atoms with E-state index in [-0.39, 0.29) is 11.6 Å². The summed E-state index contributed by atoms with van der Waals surface area (Å²) in [6.07, 6.45) is 0. The number of hydrogen-bond acceptors (Lipinski definition) is 4. The van der Waals surface area contributed by atoms with Crippen molar-refractivity contribution in [3.8, 4) is 0 Å². The van der Waals surface area contributed by atoms with Gasteiger partial charge in [0.1, 0.15) is 0 Å². The first-order valence-electron chi connectivity index (χ1n) is 8.82. The Morgan fingerprint density at radius 2 is 1.89 bits per heavy atom. The summed E-state index contributed by atoms with van der Waals surface area (Å²) in [6, 6.07) is 5.65. The van der Waals surface area contributed by atoms with Crippen LogP contribution in [0.25, 0.3) is 10.9 Å². The first-order chi connectivity index (χ1) is 12.8. The lowest BCUT2D eigenvalue weighted by Gasteiger charge is -2.08. The number of esters is 1. The minimum absolute atomic E-state index is 0.0936. The molecule has 7 nitrogen and oxygen atoms in total. The van der Waals surface area contributed by atoms with Gasteiger partial charge in [-0.3, -0.25) is 9.48 Å². The van der Waals surface area contributed by atoms with Gasteiger partial charge in [0.25, 0.3) is 5.91 Å². The van der Waals surface area contributed by atoms with E-state index in [4.69, 9.17) is 4.74 Å². The zero-order valence-electron chi connectivity index (χ0n) is 16.5. The van der Waals surface area contributed by atoms with Gasteiger partial charge in [-0.25, -0.2) is 4.79 Å². The van der Waals surface area contributed by atoms with Gasteiger partial charge in [0.05, 0.1) is 18.5 Å². The summed E-state index contributed by atoms with van der Waals surface area (Å²) >= 11 is 0. The summed E-state index contributed by atoms with van der Waals surface area (Å²) in [6.45, 7) is 8.91. The molecule has 0 aliphatic heterocycles. The molecule has 0 unspecified atom stereocenters. The molecule has 3 rings (SSSR count). The van der Waals surface area contributed by atoms with Crippen molar-refractivity contribution in [2.24, 2.45) is 7.05 Å². The van der Waals surface area contributed by atoms with Crippen molar-refractivity contribution < 1.29 is 14.3 Å². The van der Waals surface area contributed by atoms with E-state index in [0.29, 0.717) is 16.9 Å². The van der Waals surface area contributed by atoms with Crippen molar-refractivity contribution in [2.45, 2.75) is 34.2 Å². The van der Waals surface area contributed by atoms with Crippen molar-refractivity contribution in [3.63, 3.8) is 0 Å². The van der Waals surface area contributed by atoms with Gasteiger partial charge in [-0.2, -0.15) is 5.10 Å². The minimum Gasteiger partial charge on any atom is -0.464 e. The topological polar surface area (TPSA) is 78.2 Å². The van der Waals surface area contributed by atoms with Crippen molar-refractivity contribution >= 4 is 28.5 Å². The third-order valence-corrected chi connectivity index (χ3v) is 5.17. The molecule has 0 bridgehead atoms. The Labute approximate surface area is 157 Å². The van der Waals surface area contributed by atoms with Gasteiger partial charge >= 0.3 is 5.97 Å². The standard InChI is InChI=1S/C20H24N4O3/c1-7-24-12(3)11(2)15-10-14(8-9-16(15)24)19(25)21-17-13(4)23(5)22-18(17)20(26)27-6/h8-10H,7H2,1-6H3,(H,21,25). The average Bonchev–Trinajstić information content (AvgIpc) is 3.08. The average molecular weight is 368 g/mol. The number of aryl methyl sites for hydroxylation is 3. The molecule has 0 aliphatic rings. The number of rotatable bonds is 4. The van der Waals surface area contributed by atoms with Crippen molar-refractivity contribution in [1.29, 1.82) is 0 Å². The van der Waals surface area contributed by atoms with Crippen molar-refractivity contribution in [2.75, 3.05) is 12.4 Å². The zero-order valence-corrected chi connectivity index (χ0v) is 16.5. The van der Waals surface area contributed by atoms with Crippen LogP contribution in [0.3, 0.4) is 0 Å². The van der Waals surface area contributed by atoms with Gasteiger partial charge in [-0.05, 0) is 51.5 Å². The molecule has 1 N–H and O–H groups in total. The number of fused-ring (bicyclic) bond motifs is 1. The molecule has 2 heterocycles. The summed E-state index contributed by atoms with van der Waals surface area (Å²) < 4.78 is 8.54. The normalized spacial score (nSPS) is 11.0. The molecular formula is C20H24N4O3. The molecule has 0 saturated carbocycles. The van der Waals surface area contributed by atoms with Gasteiger partial charge in [0, 0.05) is 35.8 Å². The summed E-state index contributed by atoms with van der Waals surface area (Å²) in [7, 11) is 3.00. The number of nitrogens with one attached hydrogen (secondary N) is 1. The molecule has 0 spiro atoms. The van der Waals surface area contributed by atoms with E-state index in [1.807, 2.05) is 12.1 Å². The Kier molecular flexibility index (Phi) is 4.78. The Morgan fingerprint density at radius 1 is 1.19 bits per heavy atom. The van der Waals surface area contributed by atoms with Crippen LogP contribution in [0.15, 0.2) is 18.2 Å². The Morgan fingerprint density at radius 3 is 2.52 bits per heavy atom. The van der Waals surface area contributed by atoms with Gasteiger partial charge in [0.2, 0.25) is 0 Å². The fourth-order valence-corrected chi connectivity index (χ4v) is 3.38. The maximum Gasteiger partial charge on any atom is 0.360 e. The van der Waals surface area contributed by atoms with Crippen molar-refractivity contribution in [1.82, 2.24) is 14.3 Å². The largest absolute Gasteiger partial charge is 0.464 e. The van der Waals surface area contributed by atoms with E-state index in [1.54, 1.807) is 24.7 Å². The minimum atomic E-state index is -0.587. The second-order valence-electron chi connectivity index (χ2n) is 6.56. The second kappa shape index (κ2) is 6.90. The fourth-order valence-electron chi connectivity index (χ4n) is 3.38. The van der Waals surface area contributed by atoms with Gasteiger partial charge in [-0.1, -0.05) is 0 Å². The number of ether oxygens (including phenoxy) is 1. The van der Waals surface area contributed by atoms with Crippen molar-refractivity contribution in [3.05, 3.63) is 46.4 Å². The number of amides is 1. The van der Waals surface area contributed by atoms with E-state index < -0.39 is 5.97 Å². The Balaban J connectivity index is 2.01. The fraction of sp³-hybridized carbons (Fsp3) is 0.350. The van der Waals surface area contributed by atoms with E-state index in [1.165, 1.54) is 12.8 Å². The monoisotopic (exact) mass is 368 g/mol. The third-order valence-electron chi connectivity index (χ3n) is 5.17. The number of hydrogen-bond donors (Lipinski definition) is 1. The summed E-state index contributed by atoms with van der Waals surface area (Å²) in [5.74, 6) is -0.879. The van der Waals surface area contributed by atoms with Crippen LogP contribution in [0.5, 0.6) is 0 Å². The lowest BCUT2D eigenvalue weighted by atomic mass is 10.1. The molecule has 27 heavy (non-hydrogen) atoms. The Bertz CT molecular complexity index is 1060. The highest BCUT2D eigenvalue weighted by atomic mass is 16.5. The Hall–Kier alpha value is -3.09. The maximum atomic E-state index is 12.8. The summed E-state index contributed by atoms with van der Waals surface area (Å²) in [5.41, 5.74) is 5.13. The highest BCUT2D eigenvalue weighted by molar-refractivity contribution is 6.09. The molecule has 1 amide bonds. The van der Waals surface area contributed by atoms with Crippen LogP contribution in [-0.4, -0.2) is 33.3 Å². The number of carbonyl (C=O) groups excluding carboxylic acids is 2. The van der Waals surface area contributed by atoms with Crippen LogP contribution >= 0.6 is 0 Å². The van der Waals surface area contributed by atoms with Gasteiger partial charge in [0.15, 0.2) is 5.69 Å².